The Morgan fingerprint density at radius 1 is 0.975 bits per heavy atom. The Morgan fingerprint density at radius 3 is 2.15 bits per heavy atom. The second kappa shape index (κ2) is 12.5. The molecule has 2 N–H and O–H groups in total. The molecule has 0 bridgehead atoms. The fourth-order valence-electron chi connectivity index (χ4n) is 3.63. The largest absolute Gasteiger partial charge is 0.435 e. The van der Waals surface area contributed by atoms with Crippen molar-refractivity contribution < 1.29 is 35.9 Å². The first-order valence-corrected chi connectivity index (χ1v) is 13.7. The summed E-state index contributed by atoms with van der Waals surface area (Å²) in [7, 11) is 0. The number of nitrogens with zero attached hydrogens (tertiary/aromatic N) is 2. The Hall–Kier alpha value is -2.61. The van der Waals surface area contributed by atoms with E-state index in [1.54, 1.807) is 6.92 Å². The molecular formula is C24H19Cl3F6N4O2S. The minimum atomic E-state index is -5.12. The van der Waals surface area contributed by atoms with E-state index in [4.69, 9.17) is 34.8 Å². The molecule has 1 aromatic heterocycles. The molecule has 2 aromatic carbocycles. The van der Waals surface area contributed by atoms with E-state index in [2.05, 4.69) is 15.7 Å². The zero-order chi connectivity index (χ0) is 30.0. The van der Waals surface area contributed by atoms with Gasteiger partial charge in [0.2, 0.25) is 0 Å². The van der Waals surface area contributed by atoms with E-state index in [-0.39, 0.29) is 54.2 Å². The van der Waals surface area contributed by atoms with Crippen LogP contribution in [0, 0.1) is 0 Å². The topological polar surface area (TPSA) is 76.0 Å². The molecule has 40 heavy (non-hydrogen) atoms. The van der Waals surface area contributed by atoms with Gasteiger partial charge < -0.3 is 10.6 Å². The van der Waals surface area contributed by atoms with Crippen LogP contribution in [0.5, 0.6) is 0 Å². The van der Waals surface area contributed by atoms with Crippen molar-refractivity contribution in [1.29, 1.82) is 0 Å². The molecule has 0 unspecified atom stereocenters. The van der Waals surface area contributed by atoms with E-state index in [1.165, 1.54) is 30.0 Å². The lowest BCUT2D eigenvalue weighted by atomic mass is 10.1. The van der Waals surface area contributed by atoms with Crippen molar-refractivity contribution in [2.24, 2.45) is 0 Å². The maximum absolute atomic E-state index is 13.3. The molecule has 0 saturated heterocycles. The monoisotopic (exact) mass is 646 g/mol. The third-order valence-corrected chi connectivity index (χ3v) is 7.06. The molecule has 2 amide bonds. The third kappa shape index (κ3) is 7.56. The molecule has 0 aliphatic carbocycles. The number of nitrogens with one attached hydrogen (secondary N) is 2. The average molecular weight is 648 g/mol. The van der Waals surface area contributed by atoms with Crippen LogP contribution in [0.25, 0.3) is 0 Å². The average Bonchev–Trinajstić information content (AvgIpc) is 3.26. The maximum atomic E-state index is 13.3. The van der Waals surface area contributed by atoms with Crippen LogP contribution in [0.15, 0.2) is 36.4 Å². The molecule has 216 valence electrons. The Labute approximate surface area is 243 Å². The quantitative estimate of drug-likeness (QED) is 0.246. The fraction of sp³-hybridized carbons (Fsp3) is 0.292. The highest BCUT2D eigenvalue weighted by atomic mass is 35.5. The molecule has 0 radical (unpaired) electrons. The number of hydrogen-bond acceptors (Lipinski definition) is 4. The Morgan fingerprint density at radius 2 is 1.60 bits per heavy atom. The summed E-state index contributed by atoms with van der Waals surface area (Å²) in [5, 5.41) is 7.79. The molecule has 0 spiro atoms. The number of amides is 2. The van der Waals surface area contributed by atoms with Gasteiger partial charge in [-0.05, 0) is 43.0 Å². The van der Waals surface area contributed by atoms with Crippen molar-refractivity contribution in [2.75, 3.05) is 17.3 Å². The van der Waals surface area contributed by atoms with E-state index in [0.29, 0.717) is 5.75 Å². The Balaban J connectivity index is 1.90. The normalized spacial score (nSPS) is 12.8. The van der Waals surface area contributed by atoms with Gasteiger partial charge in [0, 0.05) is 17.9 Å². The number of benzene rings is 2. The van der Waals surface area contributed by atoms with Crippen LogP contribution >= 0.6 is 46.6 Å². The van der Waals surface area contributed by atoms with Gasteiger partial charge in [-0.15, -0.1) is 0 Å². The summed E-state index contributed by atoms with van der Waals surface area (Å²) in [6.07, 6.45) is -8.36. The second-order valence-electron chi connectivity index (χ2n) is 8.45. The first-order valence-electron chi connectivity index (χ1n) is 11.1. The van der Waals surface area contributed by atoms with Crippen LogP contribution in [-0.4, -0.2) is 39.6 Å². The Bertz CT molecular complexity index is 1410. The van der Waals surface area contributed by atoms with Crippen molar-refractivity contribution in [2.45, 2.75) is 31.9 Å². The molecule has 3 aromatic rings. The number of halogens is 9. The van der Waals surface area contributed by atoms with E-state index in [1.807, 2.05) is 6.26 Å². The van der Waals surface area contributed by atoms with Crippen molar-refractivity contribution in [3.05, 3.63) is 79.5 Å². The van der Waals surface area contributed by atoms with Gasteiger partial charge in [-0.2, -0.15) is 43.2 Å². The number of rotatable bonds is 8. The summed E-state index contributed by atoms with van der Waals surface area (Å²) in [4.78, 5) is 26.0. The zero-order valence-electron chi connectivity index (χ0n) is 20.5. The predicted octanol–water partition coefficient (Wildman–Crippen LogP) is 7.66. The first-order chi connectivity index (χ1) is 18.5. The second-order valence-corrected chi connectivity index (χ2v) is 10.6. The molecular weight excluding hydrogens is 629 g/mol. The van der Waals surface area contributed by atoms with Crippen LogP contribution in [0.3, 0.4) is 0 Å². The highest BCUT2D eigenvalue weighted by Crippen LogP contribution is 2.37. The highest BCUT2D eigenvalue weighted by Gasteiger charge is 2.41. The molecule has 0 fully saturated rings. The standard InChI is InChI=1S/C24H19Cl3F6N4O2S/c1-11(10-40-2)34-22(39)19-13(4-3-5-14(19)25)21(38)35-20-15(26)6-12(7-16(20)27)9-37-18(24(31,32)33)8-17(36-37)23(28,29)30/h3-8,11H,9-10H2,1-2H3,(H,34,39)(H,35,38)/t11-/m0/s1. The van der Waals surface area contributed by atoms with Crippen molar-refractivity contribution in [3.63, 3.8) is 0 Å². The number of aromatic nitrogens is 2. The van der Waals surface area contributed by atoms with Gasteiger partial charge in [0.1, 0.15) is 5.69 Å². The van der Waals surface area contributed by atoms with E-state index in [0.717, 1.165) is 12.1 Å². The van der Waals surface area contributed by atoms with Gasteiger partial charge in [-0.25, -0.2) is 0 Å². The predicted molar refractivity (Wildman–Crippen MR) is 143 cm³/mol. The number of hydrogen-bond donors (Lipinski definition) is 2. The van der Waals surface area contributed by atoms with E-state index in [9.17, 15) is 35.9 Å². The minimum absolute atomic E-state index is 0.00645. The molecule has 0 aliphatic rings. The van der Waals surface area contributed by atoms with Crippen molar-refractivity contribution in [1.82, 2.24) is 15.1 Å². The van der Waals surface area contributed by atoms with E-state index >= 15 is 0 Å². The van der Waals surface area contributed by atoms with Gasteiger partial charge in [-0.3, -0.25) is 14.3 Å². The van der Waals surface area contributed by atoms with Crippen LogP contribution in [0.2, 0.25) is 15.1 Å². The number of thioether (sulfide) groups is 1. The van der Waals surface area contributed by atoms with Gasteiger partial charge >= 0.3 is 12.4 Å². The van der Waals surface area contributed by atoms with Crippen molar-refractivity contribution >= 4 is 64.1 Å². The lowest BCUT2D eigenvalue weighted by Gasteiger charge is -2.17. The summed E-state index contributed by atoms with van der Waals surface area (Å²) < 4.78 is 79.1. The van der Waals surface area contributed by atoms with Gasteiger partial charge in [0.25, 0.3) is 11.8 Å². The summed E-state index contributed by atoms with van der Waals surface area (Å²) in [5.41, 5.74) is -3.72. The lowest BCUT2D eigenvalue weighted by Crippen LogP contribution is -2.35. The van der Waals surface area contributed by atoms with Crippen LogP contribution in [0.1, 0.15) is 44.6 Å². The molecule has 3 rings (SSSR count). The lowest BCUT2D eigenvalue weighted by molar-refractivity contribution is -0.144. The van der Waals surface area contributed by atoms with Crippen molar-refractivity contribution in [3.8, 4) is 0 Å². The summed E-state index contributed by atoms with van der Waals surface area (Å²) >= 11 is 20.2. The molecule has 16 heteroatoms. The SMILES string of the molecule is CSC[C@H](C)NC(=O)c1c(Cl)cccc1C(=O)Nc1c(Cl)cc(Cn2nc(C(F)(F)F)cc2C(F)(F)F)cc1Cl. The smallest absolute Gasteiger partial charge is 0.349 e. The number of alkyl halides is 6. The number of carbonyl (C=O) groups excluding carboxylic acids is 2. The molecule has 0 saturated carbocycles. The summed E-state index contributed by atoms with van der Waals surface area (Å²) in [6.45, 7) is 1.02. The van der Waals surface area contributed by atoms with Crippen LogP contribution in [0.4, 0.5) is 32.0 Å². The zero-order valence-corrected chi connectivity index (χ0v) is 23.6. The van der Waals surface area contributed by atoms with Crippen LogP contribution in [-0.2, 0) is 18.9 Å². The molecule has 1 heterocycles. The van der Waals surface area contributed by atoms with E-state index < -0.39 is 42.1 Å². The maximum Gasteiger partial charge on any atom is 0.435 e. The highest BCUT2D eigenvalue weighted by molar-refractivity contribution is 7.98. The third-order valence-electron chi connectivity index (χ3n) is 5.31. The van der Waals surface area contributed by atoms with Gasteiger partial charge in [0.05, 0.1) is 38.4 Å². The molecule has 0 aliphatic heterocycles. The van der Waals surface area contributed by atoms with Gasteiger partial charge in [-0.1, -0.05) is 40.9 Å². The minimum Gasteiger partial charge on any atom is -0.349 e. The van der Waals surface area contributed by atoms with Crippen LogP contribution < -0.4 is 10.6 Å². The molecule has 1 atom stereocenters. The fourth-order valence-corrected chi connectivity index (χ4v) is 5.10. The first kappa shape index (κ1) is 31.9. The Kier molecular flexibility index (Phi) is 9.97. The number of anilines is 1. The van der Waals surface area contributed by atoms with Gasteiger partial charge in [0.15, 0.2) is 5.69 Å². The summed E-state index contributed by atoms with van der Waals surface area (Å²) in [5.74, 6) is -0.804. The molecule has 6 nitrogen and oxygen atoms in total. The summed E-state index contributed by atoms with van der Waals surface area (Å²) in [6, 6.07) is 6.13. The number of carbonyl (C=O) groups is 2.